The lowest BCUT2D eigenvalue weighted by molar-refractivity contribution is 0.247. The highest BCUT2D eigenvalue weighted by Gasteiger charge is 2.44. The van der Waals surface area contributed by atoms with Crippen LogP contribution in [0.25, 0.3) is 0 Å². The predicted octanol–water partition coefficient (Wildman–Crippen LogP) is 4.50. The summed E-state index contributed by atoms with van der Waals surface area (Å²) >= 11 is 1.82. The largest absolute Gasteiger partial charge is 0.396 e. The van der Waals surface area contributed by atoms with Gasteiger partial charge < -0.3 is 5.11 Å². The molecule has 4 nitrogen and oxygen atoms in total. The lowest BCUT2D eigenvalue weighted by Gasteiger charge is -2.37. The molecule has 2 atom stereocenters. The molecule has 0 saturated carbocycles. The monoisotopic (exact) mass is 467 g/mol. The van der Waals surface area contributed by atoms with Crippen LogP contribution in [0.1, 0.15) is 29.5 Å². The van der Waals surface area contributed by atoms with Crippen LogP contribution in [-0.4, -0.2) is 48.5 Å². The van der Waals surface area contributed by atoms with Crippen molar-refractivity contribution in [1.29, 1.82) is 0 Å². The van der Waals surface area contributed by atoms with Gasteiger partial charge in [-0.05, 0) is 29.5 Å². The Morgan fingerprint density at radius 1 is 0.875 bits per heavy atom. The third kappa shape index (κ3) is 4.64. The number of aliphatic hydroxyl groups excluding tert-OH is 1. The first-order chi connectivity index (χ1) is 15.4. The molecule has 0 bridgehead atoms. The second kappa shape index (κ2) is 9.79. The minimum Gasteiger partial charge on any atom is -0.396 e. The first-order valence-electron chi connectivity index (χ1n) is 10.9. The first kappa shape index (κ1) is 23.1. The molecule has 0 spiro atoms. The van der Waals surface area contributed by atoms with Crippen molar-refractivity contribution in [3.8, 4) is 0 Å². The van der Waals surface area contributed by atoms with Crippen LogP contribution in [0, 0.1) is 0 Å². The van der Waals surface area contributed by atoms with Gasteiger partial charge in [0, 0.05) is 24.4 Å². The summed E-state index contributed by atoms with van der Waals surface area (Å²) in [6.45, 7) is 0.428. The molecule has 0 amide bonds. The third-order valence-electron chi connectivity index (χ3n) is 6.10. The summed E-state index contributed by atoms with van der Waals surface area (Å²) < 4.78 is 26.0. The van der Waals surface area contributed by atoms with E-state index in [9.17, 15) is 13.5 Å². The van der Waals surface area contributed by atoms with Gasteiger partial charge in [-0.25, -0.2) is 8.42 Å². The first-order valence-corrected chi connectivity index (χ1v) is 13.6. The average Bonchev–Trinajstić information content (AvgIpc) is 3.22. The standard InChI is InChI=1S/C26H29NO3S2/c1-32(29,30)27-20-25(19-24(27)17-18-28)31-26(21-11-5-2-6-12-21,22-13-7-3-8-14-22)23-15-9-4-10-16-23/h2-16,24-25,28H,17-20H2,1H3. The molecule has 3 aromatic rings. The van der Waals surface area contributed by atoms with Crippen molar-refractivity contribution in [3.05, 3.63) is 108 Å². The lowest BCUT2D eigenvalue weighted by atomic mass is 9.84. The van der Waals surface area contributed by atoms with Crippen LogP contribution in [0.5, 0.6) is 0 Å². The van der Waals surface area contributed by atoms with E-state index in [0.717, 1.165) is 0 Å². The van der Waals surface area contributed by atoms with Crippen molar-refractivity contribution >= 4 is 21.8 Å². The van der Waals surface area contributed by atoms with Gasteiger partial charge in [0.1, 0.15) is 0 Å². The molecule has 0 radical (unpaired) electrons. The van der Waals surface area contributed by atoms with Crippen LogP contribution in [0.2, 0.25) is 0 Å². The highest BCUT2D eigenvalue weighted by Crippen LogP contribution is 2.52. The predicted molar refractivity (Wildman–Crippen MR) is 132 cm³/mol. The smallest absolute Gasteiger partial charge is 0.211 e. The normalized spacial score (nSPS) is 19.8. The van der Waals surface area contributed by atoms with Gasteiger partial charge in [-0.1, -0.05) is 91.0 Å². The van der Waals surface area contributed by atoms with Crippen LogP contribution in [0.15, 0.2) is 91.0 Å². The quantitative estimate of drug-likeness (QED) is 0.496. The zero-order valence-electron chi connectivity index (χ0n) is 18.2. The highest BCUT2D eigenvalue weighted by molar-refractivity contribution is 8.01. The number of thioether (sulfide) groups is 1. The Bertz CT molecular complexity index is 1010. The molecule has 6 heteroatoms. The van der Waals surface area contributed by atoms with Gasteiger partial charge in [0.2, 0.25) is 10.0 Å². The maximum Gasteiger partial charge on any atom is 0.211 e. The summed E-state index contributed by atoms with van der Waals surface area (Å²) in [4.78, 5) is 0. The summed E-state index contributed by atoms with van der Waals surface area (Å²) in [5, 5.41) is 9.62. The Balaban J connectivity index is 1.84. The van der Waals surface area contributed by atoms with Gasteiger partial charge in [0.15, 0.2) is 0 Å². The minimum atomic E-state index is -3.35. The van der Waals surface area contributed by atoms with E-state index < -0.39 is 14.8 Å². The molecule has 3 aromatic carbocycles. The minimum absolute atomic E-state index is 0.0186. The molecule has 168 valence electrons. The maximum atomic E-state index is 12.5. The Labute approximate surface area is 195 Å². The van der Waals surface area contributed by atoms with Crippen LogP contribution in [0.4, 0.5) is 0 Å². The van der Waals surface area contributed by atoms with E-state index in [1.807, 2.05) is 30.0 Å². The molecule has 2 unspecified atom stereocenters. The molecule has 32 heavy (non-hydrogen) atoms. The van der Waals surface area contributed by atoms with E-state index in [2.05, 4.69) is 72.8 Å². The average molecular weight is 468 g/mol. The molecular weight excluding hydrogens is 438 g/mol. The Hall–Kier alpha value is -2.12. The van der Waals surface area contributed by atoms with Crippen molar-refractivity contribution < 1.29 is 13.5 Å². The molecule has 0 aliphatic carbocycles. The zero-order chi connectivity index (χ0) is 22.6. The second-order valence-electron chi connectivity index (χ2n) is 8.25. The van der Waals surface area contributed by atoms with Gasteiger partial charge in [-0.2, -0.15) is 4.31 Å². The molecule has 1 aliphatic rings. The molecule has 1 N–H and O–H groups in total. The van der Waals surface area contributed by atoms with Gasteiger partial charge in [0.05, 0.1) is 11.0 Å². The van der Waals surface area contributed by atoms with E-state index >= 15 is 0 Å². The summed E-state index contributed by atoms with van der Waals surface area (Å²) in [6, 6.07) is 31.2. The Morgan fingerprint density at radius 3 is 1.69 bits per heavy atom. The van der Waals surface area contributed by atoms with Crippen molar-refractivity contribution in [2.24, 2.45) is 0 Å². The molecule has 1 aliphatic heterocycles. The van der Waals surface area contributed by atoms with E-state index in [0.29, 0.717) is 19.4 Å². The summed E-state index contributed by atoms with van der Waals surface area (Å²) in [5.41, 5.74) is 3.50. The van der Waals surface area contributed by atoms with Gasteiger partial charge in [0.25, 0.3) is 0 Å². The van der Waals surface area contributed by atoms with Crippen LogP contribution in [-0.2, 0) is 14.8 Å². The Morgan fingerprint density at radius 2 is 1.31 bits per heavy atom. The molecule has 1 saturated heterocycles. The van der Waals surface area contributed by atoms with E-state index in [1.54, 1.807) is 4.31 Å². The van der Waals surface area contributed by atoms with E-state index in [4.69, 9.17) is 0 Å². The number of hydrogen-bond donors (Lipinski definition) is 1. The summed E-state index contributed by atoms with van der Waals surface area (Å²) in [5.74, 6) is 0. The third-order valence-corrected chi connectivity index (χ3v) is 9.13. The fourth-order valence-electron chi connectivity index (χ4n) is 4.72. The summed E-state index contributed by atoms with van der Waals surface area (Å²) in [7, 11) is -3.35. The topological polar surface area (TPSA) is 57.6 Å². The fourth-order valence-corrected chi connectivity index (χ4v) is 7.87. The fraction of sp³-hybridized carbons (Fsp3) is 0.308. The van der Waals surface area contributed by atoms with Gasteiger partial charge in [-0.15, -0.1) is 11.8 Å². The zero-order valence-corrected chi connectivity index (χ0v) is 19.8. The van der Waals surface area contributed by atoms with Crippen LogP contribution in [0.3, 0.4) is 0 Å². The summed E-state index contributed by atoms with van der Waals surface area (Å²) in [6.07, 6.45) is 2.44. The van der Waals surface area contributed by atoms with Gasteiger partial charge in [-0.3, -0.25) is 0 Å². The lowest BCUT2D eigenvalue weighted by Crippen LogP contribution is -2.35. The van der Waals surface area contributed by atoms with Crippen molar-refractivity contribution in [3.63, 3.8) is 0 Å². The number of nitrogens with zero attached hydrogens (tertiary/aromatic N) is 1. The number of hydrogen-bond acceptors (Lipinski definition) is 4. The number of sulfonamides is 1. The van der Waals surface area contributed by atoms with E-state index in [-0.39, 0.29) is 17.9 Å². The number of rotatable bonds is 8. The molecule has 1 heterocycles. The van der Waals surface area contributed by atoms with E-state index in [1.165, 1.54) is 22.9 Å². The second-order valence-corrected chi connectivity index (χ2v) is 11.7. The molecular formula is C26H29NO3S2. The maximum absolute atomic E-state index is 12.5. The highest BCUT2D eigenvalue weighted by atomic mass is 32.2. The van der Waals surface area contributed by atoms with Crippen LogP contribution < -0.4 is 0 Å². The number of aliphatic hydroxyl groups is 1. The number of benzene rings is 3. The molecule has 1 fully saturated rings. The van der Waals surface area contributed by atoms with Crippen LogP contribution >= 0.6 is 11.8 Å². The van der Waals surface area contributed by atoms with Gasteiger partial charge >= 0.3 is 0 Å². The molecule has 0 aromatic heterocycles. The molecule has 4 rings (SSSR count). The van der Waals surface area contributed by atoms with Crippen molar-refractivity contribution in [2.45, 2.75) is 28.9 Å². The van der Waals surface area contributed by atoms with Crippen molar-refractivity contribution in [2.75, 3.05) is 19.4 Å². The van der Waals surface area contributed by atoms with Crippen molar-refractivity contribution in [1.82, 2.24) is 4.31 Å². The SMILES string of the molecule is CS(=O)(=O)N1CC(SC(c2ccccc2)(c2ccccc2)c2ccccc2)CC1CCO. The Kier molecular flexibility index (Phi) is 7.05.